The van der Waals surface area contributed by atoms with Gasteiger partial charge in [-0.3, -0.25) is 4.79 Å². The Labute approximate surface area is 163 Å². The Morgan fingerprint density at radius 3 is 2.38 bits per heavy atom. The maximum absolute atomic E-state index is 12.4. The van der Waals surface area contributed by atoms with Crippen LogP contribution >= 0.6 is 23.5 Å². The van der Waals surface area contributed by atoms with Crippen molar-refractivity contribution < 1.29 is 4.79 Å². The molecule has 0 atom stereocenters. The van der Waals surface area contributed by atoms with E-state index < -0.39 is 0 Å². The van der Waals surface area contributed by atoms with Gasteiger partial charge in [-0.2, -0.15) is 0 Å². The highest BCUT2D eigenvalue weighted by Gasteiger charge is 2.08. The van der Waals surface area contributed by atoms with E-state index in [1.165, 1.54) is 11.1 Å². The van der Waals surface area contributed by atoms with E-state index in [-0.39, 0.29) is 5.91 Å². The number of benzene rings is 3. The van der Waals surface area contributed by atoms with E-state index in [1.807, 2.05) is 54.6 Å². The van der Waals surface area contributed by atoms with Crippen LogP contribution in [0.25, 0.3) is 0 Å². The Morgan fingerprint density at radius 1 is 0.885 bits per heavy atom. The fourth-order valence-electron chi connectivity index (χ4n) is 2.49. The van der Waals surface area contributed by atoms with Gasteiger partial charge in [0.2, 0.25) is 5.91 Å². The zero-order chi connectivity index (χ0) is 18.2. The first-order chi connectivity index (χ1) is 12.7. The summed E-state index contributed by atoms with van der Waals surface area (Å²) in [4.78, 5) is 14.6. The van der Waals surface area contributed by atoms with Crippen LogP contribution < -0.4 is 5.32 Å². The van der Waals surface area contributed by atoms with Gasteiger partial charge in [0, 0.05) is 15.5 Å². The summed E-state index contributed by atoms with van der Waals surface area (Å²) < 4.78 is 0. The first-order valence-electron chi connectivity index (χ1n) is 8.46. The number of aryl methyl sites for hydroxylation is 1. The summed E-state index contributed by atoms with van der Waals surface area (Å²) in [5, 5.41) is 3.05. The van der Waals surface area contributed by atoms with Crippen LogP contribution in [-0.2, 0) is 10.5 Å². The van der Waals surface area contributed by atoms with E-state index >= 15 is 0 Å². The molecule has 0 bridgehead atoms. The fraction of sp³-hybridized carbons (Fsp3) is 0.136. The van der Waals surface area contributed by atoms with Crippen molar-refractivity contribution in [2.75, 3.05) is 11.1 Å². The molecule has 3 aromatic carbocycles. The number of nitrogens with one attached hydrogen (secondary N) is 1. The summed E-state index contributed by atoms with van der Waals surface area (Å²) >= 11 is 3.30. The van der Waals surface area contributed by atoms with Gasteiger partial charge in [0.05, 0.1) is 11.4 Å². The minimum atomic E-state index is 0.0321. The van der Waals surface area contributed by atoms with Crippen molar-refractivity contribution in [1.29, 1.82) is 0 Å². The molecule has 0 saturated carbocycles. The molecule has 0 spiro atoms. The highest BCUT2D eigenvalue weighted by molar-refractivity contribution is 7.99. The summed E-state index contributed by atoms with van der Waals surface area (Å²) in [6.07, 6.45) is 0. The molecule has 132 valence electrons. The standard InChI is InChI=1S/C22H21NOS2/c1-17-9-5-6-10-18(17)15-25-16-22(24)23-20-13-7-8-14-21(20)26-19-11-3-2-4-12-19/h2-14H,15-16H2,1H3,(H,23,24). The van der Waals surface area contributed by atoms with E-state index in [0.29, 0.717) is 5.75 Å². The molecule has 3 rings (SSSR count). The third-order valence-electron chi connectivity index (χ3n) is 3.88. The number of amides is 1. The van der Waals surface area contributed by atoms with Crippen LogP contribution in [0, 0.1) is 6.92 Å². The zero-order valence-corrected chi connectivity index (χ0v) is 16.3. The highest BCUT2D eigenvalue weighted by atomic mass is 32.2. The Balaban J connectivity index is 1.57. The Kier molecular flexibility index (Phi) is 6.81. The zero-order valence-electron chi connectivity index (χ0n) is 14.6. The van der Waals surface area contributed by atoms with Gasteiger partial charge in [0.25, 0.3) is 0 Å². The minimum Gasteiger partial charge on any atom is -0.324 e. The molecule has 1 N–H and O–H groups in total. The molecule has 0 aliphatic rings. The van der Waals surface area contributed by atoms with Crippen LogP contribution in [0.3, 0.4) is 0 Å². The van der Waals surface area contributed by atoms with Crippen molar-refractivity contribution in [3.05, 3.63) is 90.0 Å². The molecule has 3 aromatic rings. The van der Waals surface area contributed by atoms with Crippen LogP contribution in [0.4, 0.5) is 5.69 Å². The molecule has 0 unspecified atom stereocenters. The number of anilines is 1. The van der Waals surface area contributed by atoms with E-state index in [0.717, 1.165) is 21.2 Å². The molecule has 26 heavy (non-hydrogen) atoms. The van der Waals surface area contributed by atoms with Gasteiger partial charge in [-0.25, -0.2) is 0 Å². The van der Waals surface area contributed by atoms with Crippen LogP contribution in [0.2, 0.25) is 0 Å². The number of carbonyl (C=O) groups is 1. The first kappa shape index (κ1) is 18.6. The lowest BCUT2D eigenvalue weighted by Gasteiger charge is -2.11. The number of hydrogen-bond donors (Lipinski definition) is 1. The first-order valence-corrected chi connectivity index (χ1v) is 10.4. The molecule has 1 amide bonds. The maximum atomic E-state index is 12.4. The lowest BCUT2D eigenvalue weighted by atomic mass is 10.1. The Morgan fingerprint density at radius 2 is 1.58 bits per heavy atom. The molecule has 0 saturated heterocycles. The minimum absolute atomic E-state index is 0.0321. The van der Waals surface area contributed by atoms with E-state index in [1.54, 1.807) is 23.5 Å². The van der Waals surface area contributed by atoms with E-state index in [9.17, 15) is 4.79 Å². The number of hydrogen-bond acceptors (Lipinski definition) is 3. The fourth-order valence-corrected chi connectivity index (χ4v) is 4.31. The summed E-state index contributed by atoms with van der Waals surface area (Å²) in [6.45, 7) is 2.10. The highest BCUT2D eigenvalue weighted by Crippen LogP contribution is 2.33. The number of carbonyl (C=O) groups excluding carboxylic acids is 1. The summed E-state index contributed by atoms with van der Waals surface area (Å²) in [7, 11) is 0. The second-order valence-corrected chi connectivity index (χ2v) is 7.98. The molecule has 0 radical (unpaired) electrons. The second kappa shape index (κ2) is 9.51. The molecule has 0 aromatic heterocycles. The average Bonchev–Trinajstić information content (AvgIpc) is 2.66. The number of rotatable bonds is 7. The van der Waals surface area contributed by atoms with Gasteiger partial charge in [-0.15, -0.1) is 11.8 Å². The van der Waals surface area contributed by atoms with E-state index in [4.69, 9.17) is 0 Å². The third kappa shape index (κ3) is 5.41. The topological polar surface area (TPSA) is 29.1 Å². The molecule has 2 nitrogen and oxygen atoms in total. The van der Waals surface area contributed by atoms with Crippen molar-refractivity contribution in [2.24, 2.45) is 0 Å². The van der Waals surface area contributed by atoms with Crippen LogP contribution in [0.5, 0.6) is 0 Å². The van der Waals surface area contributed by atoms with Crippen molar-refractivity contribution in [3.63, 3.8) is 0 Å². The monoisotopic (exact) mass is 379 g/mol. The van der Waals surface area contributed by atoms with Gasteiger partial charge >= 0.3 is 0 Å². The summed E-state index contributed by atoms with van der Waals surface area (Å²) in [6, 6.07) is 26.4. The van der Waals surface area contributed by atoms with Gasteiger partial charge in [-0.05, 0) is 42.3 Å². The normalized spacial score (nSPS) is 10.5. The van der Waals surface area contributed by atoms with Gasteiger partial charge in [0.15, 0.2) is 0 Å². The lowest BCUT2D eigenvalue weighted by molar-refractivity contribution is -0.113. The third-order valence-corrected chi connectivity index (χ3v) is 5.95. The summed E-state index contributed by atoms with van der Waals surface area (Å²) in [5.74, 6) is 1.32. The quantitative estimate of drug-likeness (QED) is 0.544. The maximum Gasteiger partial charge on any atom is 0.234 e. The van der Waals surface area contributed by atoms with Crippen molar-refractivity contribution in [3.8, 4) is 0 Å². The van der Waals surface area contributed by atoms with Gasteiger partial charge < -0.3 is 5.32 Å². The van der Waals surface area contributed by atoms with Gasteiger partial charge in [-0.1, -0.05) is 66.4 Å². The molecule has 0 aliphatic carbocycles. The molecule has 0 heterocycles. The average molecular weight is 380 g/mol. The van der Waals surface area contributed by atoms with Gasteiger partial charge in [0.1, 0.15) is 0 Å². The summed E-state index contributed by atoms with van der Waals surface area (Å²) in [5.41, 5.74) is 3.41. The Bertz CT molecular complexity index is 865. The van der Waals surface area contributed by atoms with Crippen LogP contribution in [0.15, 0.2) is 88.7 Å². The predicted molar refractivity (Wildman–Crippen MR) is 113 cm³/mol. The van der Waals surface area contributed by atoms with E-state index in [2.05, 4.69) is 36.5 Å². The van der Waals surface area contributed by atoms with Crippen molar-refractivity contribution >= 4 is 35.1 Å². The van der Waals surface area contributed by atoms with Crippen molar-refractivity contribution in [1.82, 2.24) is 0 Å². The smallest absolute Gasteiger partial charge is 0.234 e. The van der Waals surface area contributed by atoms with Crippen LogP contribution in [-0.4, -0.2) is 11.7 Å². The molecular formula is C22H21NOS2. The SMILES string of the molecule is Cc1ccccc1CSCC(=O)Nc1ccccc1Sc1ccccc1. The lowest BCUT2D eigenvalue weighted by Crippen LogP contribution is -2.14. The Hall–Kier alpha value is -2.17. The number of para-hydroxylation sites is 1. The largest absolute Gasteiger partial charge is 0.324 e. The molecular weight excluding hydrogens is 358 g/mol. The predicted octanol–water partition coefficient (Wildman–Crippen LogP) is 6.02. The number of thioether (sulfide) groups is 1. The molecule has 4 heteroatoms. The second-order valence-electron chi connectivity index (χ2n) is 5.88. The molecule has 0 fully saturated rings. The molecule has 0 aliphatic heterocycles. The van der Waals surface area contributed by atoms with Crippen LogP contribution in [0.1, 0.15) is 11.1 Å². The van der Waals surface area contributed by atoms with Crippen molar-refractivity contribution in [2.45, 2.75) is 22.5 Å².